The Labute approximate surface area is 344 Å². The van der Waals surface area contributed by atoms with Crippen molar-refractivity contribution < 1.29 is 37.8 Å². The van der Waals surface area contributed by atoms with Gasteiger partial charge in [-0.2, -0.15) is 0 Å². The fourth-order valence-electron chi connectivity index (χ4n) is 7.78. The minimum Gasteiger partial charge on any atom is -0.380 e. The predicted molar refractivity (Wildman–Crippen MR) is 223 cm³/mol. The van der Waals surface area contributed by atoms with E-state index in [1.165, 1.54) is 4.31 Å². The Morgan fingerprint density at radius 3 is 1.46 bits per heavy atom. The highest BCUT2D eigenvalue weighted by atomic mass is 32.2. The second-order valence-electron chi connectivity index (χ2n) is 16.3. The molecule has 4 aromatic rings. The van der Waals surface area contributed by atoms with E-state index >= 15 is 0 Å². The first kappa shape index (κ1) is 40.2. The van der Waals surface area contributed by atoms with Gasteiger partial charge in [0.1, 0.15) is 11.2 Å². The summed E-state index contributed by atoms with van der Waals surface area (Å²) in [6, 6.07) is 28.8. The highest BCUT2D eigenvalue weighted by molar-refractivity contribution is 7.93. The number of carbonyl (C=O) groups excluding carboxylic acids is 4. The molecule has 14 heteroatoms. The standard InChI is InChI=1S/C45H49N5O8S/c1-31(2)59(57,58)50(37-7-5-6-36(30-37)32-10-14-34(15-11-32)40(51)46-22-26-48(27-23-46)42(53)44(55)18-19-44)39-9-4-3-8-38(39)33-12-16-35(17-13-33)41(52)47-24-28-49(29-25-47)43(54)45(56)20-21-45/h3-17,30-31,55-56H,18-29H2,1-2H3. The summed E-state index contributed by atoms with van der Waals surface area (Å²) in [5.74, 6) is -0.826. The number of sulfonamides is 1. The molecule has 0 atom stereocenters. The summed E-state index contributed by atoms with van der Waals surface area (Å²) >= 11 is 0. The zero-order valence-corrected chi connectivity index (χ0v) is 34.1. The Balaban J connectivity index is 0.996. The minimum atomic E-state index is -3.93. The molecular weight excluding hydrogens is 771 g/mol. The zero-order valence-electron chi connectivity index (χ0n) is 33.3. The van der Waals surface area contributed by atoms with Gasteiger partial charge in [-0.25, -0.2) is 12.7 Å². The number of aliphatic hydroxyl groups is 2. The SMILES string of the molecule is CC(C)S(=O)(=O)N(c1cccc(-c2ccc(C(=O)N3CCN(C(=O)C4(O)CC4)CC3)cc2)c1)c1ccccc1-c1ccc(C(=O)N2CCN(C(=O)C3(O)CC3)CC2)cc1. The van der Waals surface area contributed by atoms with Crippen LogP contribution < -0.4 is 4.31 Å². The van der Waals surface area contributed by atoms with E-state index in [4.69, 9.17) is 0 Å². The molecule has 8 rings (SSSR count). The average Bonchev–Trinajstić information content (AvgIpc) is 4.21. The third-order valence-electron chi connectivity index (χ3n) is 11.9. The molecule has 308 valence electrons. The second kappa shape index (κ2) is 15.6. The van der Waals surface area contributed by atoms with E-state index in [1.807, 2.05) is 48.5 Å². The van der Waals surface area contributed by atoms with Gasteiger partial charge in [0.05, 0.1) is 16.6 Å². The van der Waals surface area contributed by atoms with Gasteiger partial charge in [-0.05, 0) is 98.7 Å². The maximum Gasteiger partial charge on any atom is 0.254 e. The van der Waals surface area contributed by atoms with Gasteiger partial charge in [-0.3, -0.25) is 19.2 Å². The Morgan fingerprint density at radius 1 is 0.559 bits per heavy atom. The number of benzene rings is 4. The van der Waals surface area contributed by atoms with Crippen LogP contribution in [-0.2, 0) is 19.6 Å². The molecule has 59 heavy (non-hydrogen) atoms. The molecule has 2 saturated heterocycles. The van der Waals surface area contributed by atoms with Gasteiger partial charge in [0.15, 0.2) is 0 Å². The maximum absolute atomic E-state index is 14.2. The Kier molecular flexibility index (Phi) is 10.6. The topological polar surface area (TPSA) is 159 Å². The quantitative estimate of drug-likeness (QED) is 0.237. The van der Waals surface area contributed by atoms with Crippen molar-refractivity contribution in [3.05, 3.63) is 108 Å². The van der Waals surface area contributed by atoms with Crippen LogP contribution in [0.2, 0.25) is 0 Å². The van der Waals surface area contributed by atoms with E-state index in [1.54, 1.807) is 82.0 Å². The third kappa shape index (κ3) is 7.96. The third-order valence-corrected chi connectivity index (χ3v) is 14.0. The molecule has 2 saturated carbocycles. The Hall–Kier alpha value is -5.57. The molecule has 4 aromatic carbocycles. The van der Waals surface area contributed by atoms with Gasteiger partial charge < -0.3 is 29.8 Å². The van der Waals surface area contributed by atoms with E-state index in [0.29, 0.717) is 106 Å². The lowest BCUT2D eigenvalue weighted by atomic mass is 10.0. The van der Waals surface area contributed by atoms with Crippen LogP contribution in [0.3, 0.4) is 0 Å². The van der Waals surface area contributed by atoms with Crippen molar-refractivity contribution in [3.8, 4) is 22.3 Å². The Morgan fingerprint density at radius 2 is 1.00 bits per heavy atom. The van der Waals surface area contributed by atoms with Crippen molar-refractivity contribution in [2.75, 3.05) is 56.7 Å². The molecule has 0 unspecified atom stereocenters. The molecule has 0 aromatic heterocycles. The summed E-state index contributed by atoms with van der Waals surface area (Å²) in [6.07, 6.45) is 1.93. The van der Waals surface area contributed by atoms with Gasteiger partial charge >= 0.3 is 0 Å². The zero-order chi connectivity index (χ0) is 41.7. The summed E-state index contributed by atoms with van der Waals surface area (Å²) in [7, 11) is -3.93. The van der Waals surface area contributed by atoms with Crippen LogP contribution in [0, 0.1) is 0 Å². The summed E-state index contributed by atoms with van der Waals surface area (Å²) < 4.78 is 29.9. The van der Waals surface area contributed by atoms with Crippen LogP contribution in [-0.4, -0.2) is 131 Å². The summed E-state index contributed by atoms with van der Waals surface area (Å²) in [5.41, 5.74) is 2.33. The lowest BCUT2D eigenvalue weighted by molar-refractivity contribution is -0.144. The highest BCUT2D eigenvalue weighted by Crippen LogP contribution is 2.41. The molecule has 2 aliphatic carbocycles. The average molecular weight is 820 g/mol. The normalized spacial score (nSPS) is 18.4. The monoisotopic (exact) mass is 819 g/mol. The molecule has 13 nitrogen and oxygen atoms in total. The number of para-hydroxylation sites is 1. The molecule has 2 N–H and O–H groups in total. The first-order chi connectivity index (χ1) is 28.2. The van der Waals surface area contributed by atoms with E-state index in [0.717, 1.165) is 16.7 Å². The van der Waals surface area contributed by atoms with Gasteiger partial charge in [-0.1, -0.05) is 54.6 Å². The molecule has 4 amide bonds. The lowest BCUT2D eigenvalue weighted by Crippen LogP contribution is -2.53. The second-order valence-corrected chi connectivity index (χ2v) is 18.7. The number of carbonyl (C=O) groups is 4. The number of anilines is 2. The highest BCUT2D eigenvalue weighted by Gasteiger charge is 2.51. The van der Waals surface area contributed by atoms with Gasteiger partial charge in [-0.15, -0.1) is 0 Å². The van der Waals surface area contributed by atoms with Gasteiger partial charge in [0.2, 0.25) is 10.0 Å². The fourth-order valence-corrected chi connectivity index (χ4v) is 9.04. The van der Waals surface area contributed by atoms with Crippen LogP contribution in [0.15, 0.2) is 97.1 Å². The number of amides is 4. The van der Waals surface area contributed by atoms with Crippen molar-refractivity contribution >= 4 is 45.0 Å². The smallest absolute Gasteiger partial charge is 0.254 e. The Bertz CT molecular complexity index is 2380. The molecule has 2 heterocycles. The van der Waals surface area contributed by atoms with Gasteiger partial charge in [0.25, 0.3) is 23.6 Å². The van der Waals surface area contributed by atoms with E-state index < -0.39 is 26.5 Å². The van der Waals surface area contributed by atoms with Crippen molar-refractivity contribution in [2.45, 2.75) is 56.0 Å². The van der Waals surface area contributed by atoms with Gasteiger partial charge in [0, 0.05) is 69.0 Å². The largest absolute Gasteiger partial charge is 0.380 e. The van der Waals surface area contributed by atoms with E-state index in [2.05, 4.69) is 0 Å². The van der Waals surface area contributed by atoms with E-state index in [9.17, 15) is 37.8 Å². The number of rotatable bonds is 10. The van der Waals surface area contributed by atoms with Crippen molar-refractivity contribution in [1.29, 1.82) is 0 Å². The number of piperazine rings is 2. The molecule has 2 aliphatic heterocycles. The number of hydrogen-bond acceptors (Lipinski definition) is 8. The summed E-state index contributed by atoms with van der Waals surface area (Å²) in [5, 5.41) is 19.7. The van der Waals surface area contributed by atoms with E-state index in [-0.39, 0.29) is 23.6 Å². The first-order valence-corrected chi connectivity index (χ1v) is 21.8. The van der Waals surface area contributed by atoms with Crippen LogP contribution in [0.5, 0.6) is 0 Å². The molecule has 0 radical (unpaired) electrons. The van der Waals surface area contributed by atoms with Crippen LogP contribution >= 0.6 is 0 Å². The summed E-state index contributed by atoms with van der Waals surface area (Å²) in [6.45, 7) is 6.24. The molecule has 0 spiro atoms. The molecule has 4 aliphatic rings. The predicted octanol–water partition coefficient (Wildman–Crippen LogP) is 4.52. The molecule has 4 fully saturated rings. The lowest BCUT2D eigenvalue weighted by Gasteiger charge is -2.35. The molecule has 0 bridgehead atoms. The maximum atomic E-state index is 14.2. The van der Waals surface area contributed by atoms with Crippen molar-refractivity contribution in [3.63, 3.8) is 0 Å². The van der Waals surface area contributed by atoms with Crippen LogP contribution in [0.1, 0.15) is 60.2 Å². The minimum absolute atomic E-state index is 0.147. The van der Waals surface area contributed by atoms with Crippen molar-refractivity contribution in [1.82, 2.24) is 19.6 Å². The summed E-state index contributed by atoms with van der Waals surface area (Å²) in [4.78, 5) is 58.7. The van der Waals surface area contributed by atoms with Crippen LogP contribution in [0.25, 0.3) is 22.3 Å². The number of hydrogen-bond donors (Lipinski definition) is 2. The first-order valence-electron chi connectivity index (χ1n) is 20.2. The number of nitrogens with zero attached hydrogens (tertiary/aromatic N) is 5. The fraction of sp³-hybridized carbons (Fsp3) is 0.378. The molecular formula is C45H49N5O8S. The van der Waals surface area contributed by atoms with Crippen molar-refractivity contribution in [2.24, 2.45) is 0 Å². The van der Waals surface area contributed by atoms with Crippen LogP contribution in [0.4, 0.5) is 11.4 Å².